The minimum Gasteiger partial charge on any atom is -0.481 e. The van der Waals surface area contributed by atoms with Crippen molar-refractivity contribution < 1.29 is 14.7 Å². The summed E-state index contributed by atoms with van der Waals surface area (Å²) < 4.78 is 0. The molecule has 0 aliphatic rings. The van der Waals surface area contributed by atoms with Gasteiger partial charge in [0, 0.05) is 10.7 Å². The molecule has 0 heterocycles. The number of aryl methyl sites for hydroxylation is 1. The zero-order chi connectivity index (χ0) is 12.8. The average molecular weight is 274 g/mol. The summed E-state index contributed by atoms with van der Waals surface area (Å²) in [5.74, 6) is -1.10. The Morgan fingerprint density at radius 2 is 2.12 bits per heavy atom. The summed E-state index contributed by atoms with van der Waals surface area (Å²) in [5, 5.41) is 11.7. The summed E-state index contributed by atoms with van der Waals surface area (Å²) in [6, 6.07) is 5.16. The Balaban J connectivity index is 2.48. The van der Waals surface area contributed by atoms with Crippen molar-refractivity contribution in [3.63, 3.8) is 0 Å². The van der Waals surface area contributed by atoms with Gasteiger partial charge in [0.2, 0.25) is 5.91 Å². The van der Waals surface area contributed by atoms with Crippen LogP contribution in [-0.4, -0.2) is 28.5 Å². The van der Waals surface area contributed by atoms with Crippen molar-refractivity contribution in [2.75, 3.05) is 16.8 Å². The number of aliphatic carboxylic acids is 1. The molecule has 1 rings (SSSR count). The lowest BCUT2D eigenvalue weighted by Gasteiger charge is -2.08. The Hall–Kier alpha value is -1.20. The molecule has 2 N–H and O–H groups in total. The Kier molecular flexibility index (Phi) is 5.31. The van der Waals surface area contributed by atoms with Gasteiger partial charge in [-0.3, -0.25) is 9.59 Å². The summed E-state index contributed by atoms with van der Waals surface area (Å²) in [7, 11) is 0. The molecule has 0 unspecified atom stereocenters. The standard InChI is InChI=1S/C11H12ClNO3S/c1-7-4-8(12)2-3-9(7)13-10(14)5-17-6-11(15)16/h2-4H,5-6H2,1H3,(H,13,14)(H,15,16). The van der Waals surface area contributed by atoms with Crippen LogP contribution < -0.4 is 5.32 Å². The van der Waals surface area contributed by atoms with Crippen molar-refractivity contribution in [1.82, 2.24) is 0 Å². The molecule has 1 aromatic rings. The van der Waals surface area contributed by atoms with Crippen molar-refractivity contribution in [2.24, 2.45) is 0 Å². The summed E-state index contributed by atoms with van der Waals surface area (Å²) in [4.78, 5) is 21.7. The van der Waals surface area contributed by atoms with Crippen molar-refractivity contribution in [2.45, 2.75) is 6.92 Å². The van der Waals surface area contributed by atoms with Gasteiger partial charge in [0.1, 0.15) is 0 Å². The lowest BCUT2D eigenvalue weighted by atomic mass is 10.2. The summed E-state index contributed by atoms with van der Waals surface area (Å²) in [6.45, 7) is 1.84. The molecule has 0 spiro atoms. The number of carboxylic acids is 1. The molecule has 0 atom stereocenters. The van der Waals surface area contributed by atoms with Crippen LogP contribution >= 0.6 is 23.4 Å². The maximum absolute atomic E-state index is 11.5. The van der Waals surface area contributed by atoms with Crippen molar-refractivity contribution in [3.8, 4) is 0 Å². The van der Waals surface area contributed by atoms with E-state index in [-0.39, 0.29) is 17.4 Å². The lowest BCUT2D eigenvalue weighted by Crippen LogP contribution is -2.16. The van der Waals surface area contributed by atoms with E-state index in [1.807, 2.05) is 6.92 Å². The molecular weight excluding hydrogens is 262 g/mol. The number of benzene rings is 1. The number of nitrogens with one attached hydrogen (secondary N) is 1. The number of carbonyl (C=O) groups is 2. The second-order valence-corrected chi connectivity index (χ2v) is 4.82. The third kappa shape index (κ3) is 5.10. The first-order valence-corrected chi connectivity index (χ1v) is 6.38. The zero-order valence-electron chi connectivity index (χ0n) is 9.20. The number of halogens is 1. The third-order valence-corrected chi connectivity index (χ3v) is 3.07. The molecule has 0 radical (unpaired) electrons. The van der Waals surface area contributed by atoms with Gasteiger partial charge in [0.05, 0.1) is 11.5 Å². The van der Waals surface area contributed by atoms with Crippen LogP contribution in [0.2, 0.25) is 5.02 Å². The Bertz CT molecular complexity index is 437. The Morgan fingerprint density at radius 1 is 1.41 bits per heavy atom. The molecule has 0 saturated carbocycles. The Labute approximate surface area is 108 Å². The van der Waals surface area contributed by atoms with E-state index in [2.05, 4.69) is 5.32 Å². The van der Waals surface area contributed by atoms with Gasteiger partial charge in [-0.1, -0.05) is 11.6 Å². The number of hydrogen-bond donors (Lipinski definition) is 2. The van der Waals surface area contributed by atoms with E-state index in [0.29, 0.717) is 10.7 Å². The van der Waals surface area contributed by atoms with E-state index in [4.69, 9.17) is 16.7 Å². The highest BCUT2D eigenvalue weighted by atomic mass is 35.5. The number of hydrogen-bond acceptors (Lipinski definition) is 3. The second kappa shape index (κ2) is 6.51. The quantitative estimate of drug-likeness (QED) is 0.865. The fourth-order valence-corrected chi connectivity index (χ4v) is 1.95. The van der Waals surface area contributed by atoms with E-state index in [0.717, 1.165) is 17.3 Å². The molecule has 0 aliphatic heterocycles. The number of anilines is 1. The van der Waals surface area contributed by atoms with Crippen LogP contribution in [0.15, 0.2) is 18.2 Å². The van der Waals surface area contributed by atoms with E-state index in [1.165, 1.54) is 0 Å². The minimum atomic E-state index is -0.925. The van der Waals surface area contributed by atoms with Gasteiger partial charge in [-0.25, -0.2) is 0 Å². The van der Waals surface area contributed by atoms with Crippen LogP contribution in [0.3, 0.4) is 0 Å². The van der Waals surface area contributed by atoms with Crippen molar-refractivity contribution in [3.05, 3.63) is 28.8 Å². The first kappa shape index (κ1) is 13.9. The number of amides is 1. The van der Waals surface area contributed by atoms with E-state index in [9.17, 15) is 9.59 Å². The van der Waals surface area contributed by atoms with Crippen LogP contribution in [0, 0.1) is 6.92 Å². The fourth-order valence-electron chi connectivity index (χ4n) is 1.18. The van der Waals surface area contributed by atoms with Gasteiger partial charge in [-0.15, -0.1) is 11.8 Å². The zero-order valence-corrected chi connectivity index (χ0v) is 10.8. The highest BCUT2D eigenvalue weighted by Gasteiger charge is 2.06. The van der Waals surface area contributed by atoms with Gasteiger partial charge in [0.25, 0.3) is 0 Å². The lowest BCUT2D eigenvalue weighted by molar-refractivity contribution is -0.133. The molecule has 0 fully saturated rings. The largest absolute Gasteiger partial charge is 0.481 e. The van der Waals surface area contributed by atoms with E-state index in [1.54, 1.807) is 18.2 Å². The predicted octanol–water partition coefficient (Wildman–Crippen LogP) is 2.40. The number of rotatable bonds is 5. The van der Waals surface area contributed by atoms with E-state index < -0.39 is 5.97 Å². The first-order chi connectivity index (χ1) is 7.99. The van der Waals surface area contributed by atoms with Gasteiger partial charge in [0.15, 0.2) is 0 Å². The van der Waals surface area contributed by atoms with Crippen LogP contribution in [0.4, 0.5) is 5.69 Å². The van der Waals surface area contributed by atoms with Crippen molar-refractivity contribution in [1.29, 1.82) is 0 Å². The summed E-state index contributed by atoms with van der Waals surface area (Å²) >= 11 is 6.85. The molecule has 1 amide bonds. The SMILES string of the molecule is Cc1cc(Cl)ccc1NC(=O)CSCC(=O)O. The number of thioether (sulfide) groups is 1. The summed E-state index contributed by atoms with van der Waals surface area (Å²) in [6.07, 6.45) is 0. The average Bonchev–Trinajstić information content (AvgIpc) is 2.21. The molecule has 92 valence electrons. The van der Waals surface area contributed by atoms with Gasteiger partial charge in [-0.05, 0) is 30.7 Å². The highest BCUT2D eigenvalue weighted by Crippen LogP contribution is 2.19. The second-order valence-electron chi connectivity index (χ2n) is 3.39. The van der Waals surface area contributed by atoms with Gasteiger partial charge >= 0.3 is 5.97 Å². The molecule has 0 aromatic heterocycles. The first-order valence-electron chi connectivity index (χ1n) is 4.84. The normalized spacial score (nSPS) is 10.0. The summed E-state index contributed by atoms with van der Waals surface area (Å²) in [5.41, 5.74) is 1.56. The molecule has 1 aromatic carbocycles. The van der Waals surface area contributed by atoms with E-state index >= 15 is 0 Å². The maximum Gasteiger partial charge on any atom is 0.313 e. The molecule has 0 bridgehead atoms. The smallest absolute Gasteiger partial charge is 0.313 e. The predicted molar refractivity (Wildman–Crippen MR) is 69.8 cm³/mol. The van der Waals surface area contributed by atoms with Crippen LogP contribution in [0.5, 0.6) is 0 Å². The molecule has 17 heavy (non-hydrogen) atoms. The topological polar surface area (TPSA) is 66.4 Å². The molecule has 0 aliphatic carbocycles. The maximum atomic E-state index is 11.5. The van der Waals surface area contributed by atoms with Gasteiger partial charge in [-0.2, -0.15) is 0 Å². The molecule has 6 heteroatoms. The van der Waals surface area contributed by atoms with Crippen molar-refractivity contribution >= 4 is 40.9 Å². The molecule has 4 nitrogen and oxygen atoms in total. The molecular formula is C11H12ClNO3S. The number of carbonyl (C=O) groups excluding carboxylic acids is 1. The van der Waals surface area contributed by atoms with Crippen LogP contribution in [0.25, 0.3) is 0 Å². The van der Waals surface area contributed by atoms with Crippen LogP contribution in [-0.2, 0) is 9.59 Å². The number of carboxylic acid groups (broad SMARTS) is 1. The minimum absolute atomic E-state index is 0.0764. The third-order valence-electron chi connectivity index (χ3n) is 1.92. The molecule has 0 saturated heterocycles. The monoisotopic (exact) mass is 273 g/mol. The Morgan fingerprint density at radius 3 is 2.71 bits per heavy atom. The fraction of sp³-hybridized carbons (Fsp3) is 0.273. The van der Waals surface area contributed by atoms with Crippen LogP contribution in [0.1, 0.15) is 5.56 Å². The van der Waals surface area contributed by atoms with Gasteiger partial charge < -0.3 is 10.4 Å². The highest BCUT2D eigenvalue weighted by molar-refractivity contribution is 8.00.